The summed E-state index contributed by atoms with van der Waals surface area (Å²) in [6.45, 7) is 0. The second-order valence-electron chi connectivity index (χ2n) is 7.62. The Morgan fingerprint density at radius 2 is 0.677 bits per heavy atom. The monoisotopic (exact) mass is 397 g/mol. The van der Waals surface area contributed by atoms with Gasteiger partial charge in [0.2, 0.25) is 0 Å². The van der Waals surface area contributed by atoms with Crippen molar-refractivity contribution < 1.29 is 0 Å². The van der Waals surface area contributed by atoms with Crippen LogP contribution in [-0.2, 0) is 0 Å². The van der Waals surface area contributed by atoms with Crippen LogP contribution in [0.2, 0.25) is 0 Å². The fourth-order valence-corrected chi connectivity index (χ4v) is 4.14. The van der Waals surface area contributed by atoms with Gasteiger partial charge in [0.05, 0.1) is 0 Å². The number of hydrogen-bond acceptors (Lipinski definition) is 1. The molecule has 1 nitrogen and oxygen atoms in total. The summed E-state index contributed by atoms with van der Waals surface area (Å²) in [4.78, 5) is 0. The molecule has 5 aromatic rings. The fraction of sp³-hybridized carbons (Fsp3) is 0. The molecular formula is C30H23N. The van der Waals surface area contributed by atoms with E-state index in [-0.39, 0.29) is 0 Å². The van der Waals surface area contributed by atoms with Crippen molar-refractivity contribution >= 4 is 5.69 Å². The normalized spacial score (nSPS) is 10.7. The van der Waals surface area contributed by atoms with E-state index < -0.39 is 0 Å². The third-order valence-electron chi connectivity index (χ3n) is 5.70. The van der Waals surface area contributed by atoms with Crippen LogP contribution in [0.4, 0.5) is 5.69 Å². The Morgan fingerprint density at radius 3 is 1.29 bits per heavy atom. The summed E-state index contributed by atoms with van der Waals surface area (Å²) in [6.07, 6.45) is 0. The Balaban J connectivity index is 1.62. The summed E-state index contributed by atoms with van der Waals surface area (Å²) in [6, 6.07) is 44.4. The quantitative estimate of drug-likeness (QED) is 0.306. The minimum Gasteiger partial charge on any atom is -0.398 e. The van der Waals surface area contributed by atoms with Crippen molar-refractivity contribution in [3.05, 3.63) is 127 Å². The van der Waals surface area contributed by atoms with Crippen molar-refractivity contribution in [2.24, 2.45) is 0 Å². The van der Waals surface area contributed by atoms with Gasteiger partial charge in [-0.2, -0.15) is 0 Å². The molecule has 0 atom stereocenters. The molecule has 1 heteroatoms. The molecule has 0 fully saturated rings. The molecule has 0 aliphatic carbocycles. The molecule has 0 aliphatic heterocycles. The second-order valence-corrected chi connectivity index (χ2v) is 7.62. The lowest BCUT2D eigenvalue weighted by Crippen LogP contribution is -1.93. The van der Waals surface area contributed by atoms with E-state index >= 15 is 0 Å². The van der Waals surface area contributed by atoms with Gasteiger partial charge in [0.1, 0.15) is 0 Å². The van der Waals surface area contributed by atoms with E-state index in [4.69, 9.17) is 5.73 Å². The molecule has 0 saturated carbocycles. The average molecular weight is 398 g/mol. The van der Waals surface area contributed by atoms with Gasteiger partial charge in [0, 0.05) is 11.3 Å². The first kappa shape index (κ1) is 18.9. The molecule has 0 aliphatic rings. The number of para-hydroxylation sites is 1. The minimum absolute atomic E-state index is 0.791. The zero-order valence-corrected chi connectivity index (χ0v) is 17.2. The summed E-state index contributed by atoms with van der Waals surface area (Å²) >= 11 is 0. The molecule has 5 aromatic carbocycles. The first-order valence-corrected chi connectivity index (χ1v) is 10.5. The second kappa shape index (κ2) is 8.33. The predicted octanol–water partition coefficient (Wildman–Crippen LogP) is 7.94. The molecule has 0 radical (unpaired) electrons. The van der Waals surface area contributed by atoms with Crippen LogP contribution in [0, 0.1) is 0 Å². The molecule has 31 heavy (non-hydrogen) atoms. The fourth-order valence-electron chi connectivity index (χ4n) is 4.14. The van der Waals surface area contributed by atoms with E-state index in [1.165, 1.54) is 33.4 Å². The summed E-state index contributed by atoms with van der Waals surface area (Å²) in [7, 11) is 0. The van der Waals surface area contributed by atoms with Gasteiger partial charge in [0.15, 0.2) is 0 Å². The van der Waals surface area contributed by atoms with Crippen LogP contribution in [0.25, 0.3) is 44.5 Å². The molecule has 0 bridgehead atoms. The molecule has 0 spiro atoms. The molecule has 2 N–H and O–H groups in total. The summed E-state index contributed by atoms with van der Waals surface area (Å²) in [5.74, 6) is 0. The zero-order valence-electron chi connectivity index (χ0n) is 17.2. The van der Waals surface area contributed by atoms with Crippen molar-refractivity contribution in [2.75, 3.05) is 5.73 Å². The van der Waals surface area contributed by atoms with Crippen molar-refractivity contribution in [2.45, 2.75) is 0 Å². The van der Waals surface area contributed by atoms with Crippen LogP contribution in [0.5, 0.6) is 0 Å². The van der Waals surface area contributed by atoms with Crippen LogP contribution in [0.15, 0.2) is 127 Å². The standard InChI is InChI=1S/C30H23N/c31-30-17-9-8-16-29(30)28-15-7-6-14-27(28)26-13-5-4-12-25(26)24-20-18-23(19-21-24)22-10-2-1-3-11-22/h1-21H,31H2. The zero-order chi connectivity index (χ0) is 21.0. The highest BCUT2D eigenvalue weighted by molar-refractivity contribution is 5.94. The minimum atomic E-state index is 0.791. The largest absolute Gasteiger partial charge is 0.398 e. The van der Waals surface area contributed by atoms with Gasteiger partial charge in [-0.15, -0.1) is 0 Å². The van der Waals surface area contributed by atoms with E-state index in [9.17, 15) is 0 Å². The van der Waals surface area contributed by atoms with E-state index in [0.29, 0.717) is 0 Å². The highest BCUT2D eigenvalue weighted by Gasteiger charge is 2.13. The van der Waals surface area contributed by atoms with Crippen LogP contribution in [-0.4, -0.2) is 0 Å². The van der Waals surface area contributed by atoms with Crippen molar-refractivity contribution in [3.8, 4) is 44.5 Å². The molecule has 0 saturated heterocycles. The van der Waals surface area contributed by atoms with E-state index in [1.807, 2.05) is 24.3 Å². The summed E-state index contributed by atoms with van der Waals surface area (Å²) in [5, 5.41) is 0. The van der Waals surface area contributed by atoms with E-state index in [0.717, 1.165) is 16.8 Å². The van der Waals surface area contributed by atoms with Crippen molar-refractivity contribution in [1.82, 2.24) is 0 Å². The van der Waals surface area contributed by atoms with Crippen LogP contribution in [0.3, 0.4) is 0 Å². The van der Waals surface area contributed by atoms with Crippen LogP contribution < -0.4 is 5.73 Å². The Kier molecular flexibility index (Phi) is 5.08. The Bertz CT molecular complexity index is 1320. The molecule has 0 amide bonds. The summed E-state index contributed by atoms with van der Waals surface area (Å²) < 4.78 is 0. The number of nitrogens with two attached hydrogens (primary N) is 1. The third-order valence-corrected chi connectivity index (χ3v) is 5.70. The molecule has 148 valence electrons. The SMILES string of the molecule is Nc1ccccc1-c1ccccc1-c1ccccc1-c1ccc(-c2ccccc2)cc1. The maximum Gasteiger partial charge on any atom is 0.0393 e. The highest BCUT2D eigenvalue weighted by Crippen LogP contribution is 2.39. The smallest absolute Gasteiger partial charge is 0.0393 e. The predicted molar refractivity (Wildman–Crippen MR) is 133 cm³/mol. The maximum absolute atomic E-state index is 6.32. The van der Waals surface area contributed by atoms with Crippen LogP contribution >= 0.6 is 0 Å². The van der Waals surface area contributed by atoms with Gasteiger partial charge in [0.25, 0.3) is 0 Å². The third kappa shape index (κ3) is 3.74. The Labute approximate surface area is 183 Å². The van der Waals surface area contributed by atoms with Gasteiger partial charge in [-0.25, -0.2) is 0 Å². The number of rotatable bonds is 4. The van der Waals surface area contributed by atoms with E-state index in [1.54, 1.807) is 0 Å². The number of nitrogen functional groups attached to an aromatic ring is 1. The van der Waals surface area contributed by atoms with Crippen molar-refractivity contribution in [3.63, 3.8) is 0 Å². The topological polar surface area (TPSA) is 26.0 Å². The molecule has 0 heterocycles. The number of benzene rings is 5. The van der Waals surface area contributed by atoms with Gasteiger partial charge in [-0.3, -0.25) is 0 Å². The lowest BCUT2D eigenvalue weighted by Gasteiger charge is -2.16. The molecule has 0 unspecified atom stereocenters. The Hall–Kier alpha value is -4.10. The number of anilines is 1. The summed E-state index contributed by atoms with van der Waals surface area (Å²) in [5.41, 5.74) is 16.6. The first-order chi connectivity index (χ1) is 15.3. The maximum atomic E-state index is 6.32. The average Bonchev–Trinajstić information content (AvgIpc) is 2.85. The lowest BCUT2D eigenvalue weighted by molar-refractivity contribution is 1.55. The van der Waals surface area contributed by atoms with Gasteiger partial charge >= 0.3 is 0 Å². The first-order valence-electron chi connectivity index (χ1n) is 10.5. The van der Waals surface area contributed by atoms with Gasteiger partial charge in [-0.05, 0) is 45.0 Å². The highest BCUT2D eigenvalue weighted by atomic mass is 14.6. The number of hydrogen-bond donors (Lipinski definition) is 1. The lowest BCUT2D eigenvalue weighted by atomic mass is 9.88. The van der Waals surface area contributed by atoms with Crippen LogP contribution in [0.1, 0.15) is 0 Å². The van der Waals surface area contributed by atoms with Gasteiger partial charge in [-0.1, -0.05) is 121 Å². The van der Waals surface area contributed by atoms with Gasteiger partial charge < -0.3 is 5.73 Å². The Morgan fingerprint density at radius 1 is 0.290 bits per heavy atom. The van der Waals surface area contributed by atoms with Crippen molar-refractivity contribution in [1.29, 1.82) is 0 Å². The molecule has 5 rings (SSSR count). The molecular weight excluding hydrogens is 374 g/mol. The molecule has 0 aromatic heterocycles. The van der Waals surface area contributed by atoms with E-state index in [2.05, 4.69) is 103 Å².